The number of aromatic nitrogens is 3. The van der Waals surface area contributed by atoms with E-state index in [9.17, 15) is 4.39 Å². The average molecular weight is 928 g/mol. The molecule has 8 aromatic carbocycles. The molecule has 6 heteroatoms. The van der Waals surface area contributed by atoms with Gasteiger partial charge >= 0.3 is 5.82 Å². The number of rotatable bonds is 4. The highest BCUT2D eigenvalue weighted by atomic mass is 28.3. The number of halogens is 1. The zero-order valence-corrected chi connectivity index (χ0v) is 41.4. The maximum Gasteiger partial charge on any atom is 0.304 e. The van der Waals surface area contributed by atoms with Crippen LogP contribution >= 0.6 is 0 Å². The van der Waals surface area contributed by atoms with Crippen LogP contribution in [0.5, 0.6) is 0 Å². The van der Waals surface area contributed by atoms with Crippen LogP contribution in [0.3, 0.4) is 0 Å². The average Bonchev–Trinajstić information content (AvgIpc) is 3.92. The van der Waals surface area contributed by atoms with E-state index in [1.54, 1.807) is 0 Å². The molecule has 0 radical (unpaired) electrons. The third kappa shape index (κ3) is 6.60. The van der Waals surface area contributed by atoms with Crippen molar-refractivity contribution in [2.45, 2.75) is 64.7 Å². The molecule has 70 heavy (non-hydrogen) atoms. The van der Waals surface area contributed by atoms with Crippen molar-refractivity contribution in [3.05, 3.63) is 211 Å². The lowest BCUT2D eigenvalue weighted by Gasteiger charge is -2.32. The number of benzene rings is 8. The van der Waals surface area contributed by atoms with Gasteiger partial charge in [0.1, 0.15) is 28.3 Å². The van der Waals surface area contributed by atoms with Crippen molar-refractivity contribution >= 4 is 62.7 Å². The van der Waals surface area contributed by atoms with Crippen molar-refractivity contribution < 1.29 is 17.9 Å². The Morgan fingerprint density at radius 1 is 0.657 bits per heavy atom. The lowest BCUT2D eigenvalue weighted by atomic mass is 9.77. The third-order valence-electron chi connectivity index (χ3n) is 15.5. The molecule has 2 aliphatic rings. The van der Waals surface area contributed by atoms with E-state index in [2.05, 4.69) is 199 Å². The molecule has 3 aromatic heterocycles. The maximum atomic E-state index is 14.0. The van der Waals surface area contributed by atoms with Gasteiger partial charge in [0.25, 0.3) is 0 Å². The first-order valence-corrected chi connectivity index (χ1v) is 28.2. The number of nitrogens with zero attached hydrogens (tertiary/aromatic N) is 3. The number of para-hydroxylation sites is 2. The first-order valence-electron chi connectivity index (χ1n) is 24.7. The van der Waals surface area contributed by atoms with Gasteiger partial charge in [-0.15, -0.1) is 0 Å². The van der Waals surface area contributed by atoms with E-state index in [-0.39, 0.29) is 17.8 Å². The van der Waals surface area contributed by atoms with Crippen LogP contribution in [0, 0.1) is 19.7 Å². The molecule has 11 aromatic rings. The monoisotopic (exact) mass is 927 g/mol. The number of imidazole rings is 1. The first kappa shape index (κ1) is 42.4. The summed E-state index contributed by atoms with van der Waals surface area (Å²) in [5.74, 6) is 1.06. The molecule has 2 atom stereocenters. The SMILES string of the molecule is C=C1CC2C(CCc3ccc4c(oc5c6ccc(-c7ccc(F)cc7)cc6ccc45)c3-c3n(-c4c(C)cc(-c5ccccc5)cc4C)c4ccccc4[n+]31)c1ccccc1-c1ccc([Si](C)(C)C)c[n+]12. The summed E-state index contributed by atoms with van der Waals surface area (Å²) >= 11 is 0. The Balaban J connectivity index is 1.10. The van der Waals surface area contributed by atoms with Crippen molar-refractivity contribution in [1.29, 1.82) is 0 Å². The van der Waals surface area contributed by atoms with Gasteiger partial charge in [0.2, 0.25) is 5.69 Å². The molecule has 4 nitrogen and oxygen atoms in total. The van der Waals surface area contributed by atoms with E-state index >= 15 is 0 Å². The van der Waals surface area contributed by atoms with Crippen LogP contribution in [0.2, 0.25) is 19.6 Å². The summed E-state index contributed by atoms with van der Waals surface area (Å²) in [4.78, 5) is 0. The smallest absolute Gasteiger partial charge is 0.304 e. The minimum Gasteiger partial charge on any atom is -0.454 e. The van der Waals surface area contributed by atoms with Crippen molar-refractivity contribution in [1.82, 2.24) is 4.57 Å². The topological polar surface area (TPSA) is 25.8 Å². The summed E-state index contributed by atoms with van der Waals surface area (Å²) in [6.07, 6.45) is 5.07. The lowest BCUT2D eigenvalue weighted by molar-refractivity contribution is -0.719. The highest BCUT2D eigenvalue weighted by Crippen LogP contribution is 2.48. The summed E-state index contributed by atoms with van der Waals surface area (Å²) in [6, 6.07) is 60.7. The Kier molecular flexibility index (Phi) is 9.66. The summed E-state index contributed by atoms with van der Waals surface area (Å²) in [7, 11) is -1.66. The fourth-order valence-electron chi connectivity index (χ4n) is 12.1. The Bertz CT molecular complexity index is 3940. The Morgan fingerprint density at radius 3 is 2.14 bits per heavy atom. The molecule has 0 bridgehead atoms. The molecule has 0 saturated heterocycles. The number of furan rings is 1. The van der Waals surface area contributed by atoms with Crippen molar-refractivity contribution in [2.24, 2.45) is 0 Å². The van der Waals surface area contributed by atoms with Gasteiger partial charge in [-0.1, -0.05) is 129 Å². The summed E-state index contributed by atoms with van der Waals surface area (Å²) in [5, 5.41) is 5.75. The normalized spacial score (nSPS) is 15.7. The van der Waals surface area contributed by atoms with E-state index in [0.29, 0.717) is 0 Å². The maximum absolute atomic E-state index is 14.0. The second-order valence-electron chi connectivity index (χ2n) is 20.8. The zero-order chi connectivity index (χ0) is 47.6. The number of hydrogen-bond acceptors (Lipinski definition) is 1. The molecular weight excluding hydrogens is 874 g/mol. The fraction of sp³-hybridized carbons (Fsp3) is 0.156. The van der Waals surface area contributed by atoms with Gasteiger partial charge in [0.05, 0.1) is 14.5 Å². The molecule has 13 rings (SSSR count). The van der Waals surface area contributed by atoms with Gasteiger partial charge < -0.3 is 4.42 Å². The molecule has 0 amide bonds. The standard InChI is InChI=1S/C64H54FN3OSi/c1-39-34-47(42-14-8-7-9-15-42)35-40(2)61(39)68-58-19-13-12-18-57(58)67-41(3)36-59-53(51-16-10-11-17-52(51)56-33-28-49(38-66(56)59)70(4,5)6)30-22-44-23-31-55-54-32-25-46-37-45(43-20-26-48(65)27-21-43)24-29-50(46)62(54)69-63(55)60(44)64(67)68/h7-21,23-29,31-35,37-38,53,59H,3,22,30,36H2,1-2,4-6H3/q+2. The van der Waals surface area contributed by atoms with Gasteiger partial charge in [-0.25, -0.2) is 4.39 Å². The number of fused-ring (bicyclic) bond motifs is 17. The molecule has 0 N–H and O–H groups in total. The van der Waals surface area contributed by atoms with E-state index in [0.717, 1.165) is 96.9 Å². The van der Waals surface area contributed by atoms with E-state index < -0.39 is 8.07 Å². The molecule has 5 heterocycles. The molecule has 340 valence electrons. The summed E-state index contributed by atoms with van der Waals surface area (Å²) in [5.41, 5.74) is 19.4. The van der Waals surface area contributed by atoms with Gasteiger partial charge in [-0.05, 0) is 137 Å². The van der Waals surface area contributed by atoms with E-state index in [1.807, 2.05) is 12.1 Å². The lowest BCUT2D eigenvalue weighted by Crippen LogP contribution is -2.53. The van der Waals surface area contributed by atoms with Crippen LogP contribution in [0.25, 0.3) is 100 Å². The Morgan fingerprint density at radius 2 is 1.34 bits per heavy atom. The molecule has 0 fully saturated rings. The minimum absolute atomic E-state index is 0.146. The van der Waals surface area contributed by atoms with Gasteiger partial charge in [0, 0.05) is 38.9 Å². The molecular formula is C64H54FN3OSi+2. The number of aryl methyl sites for hydroxylation is 3. The second kappa shape index (κ2) is 15.9. The fourth-order valence-corrected chi connectivity index (χ4v) is 13.2. The van der Waals surface area contributed by atoms with E-state index in [1.165, 1.54) is 62.0 Å². The van der Waals surface area contributed by atoms with Gasteiger partial charge in [-0.2, -0.15) is 13.7 Å². The predicted octanol–water partition coefficient (Wildman–Crippen LogP) is 15.4. The van der Waals surface area contributed by atoms with E-state index in [4.69, 9.17) is 11.0 Å². The number of hydrogen-bond donors (Lipinski definition) is 0. The highest BCUT2D eigenvalue weighted by Gasteiger charge is 2.44. The summed E-state index contributed by atoms with van der Waals surface area (Å²) < 4.78 is 29.1. The predicted molar refractivity (Wildman–Crippen MR) is 289 cm³/mol. The number of allylic oxidation sites excluding steroid dienone is 1. The van der Waals surface area contributed by atoms with Crippen LogP contribution in [0.1, 0.15) is 47.1 Å². The molecule has 0 aliphatic carbocycles. The molecule has 2 unspecified atom stereocenters. The van der Waals surface area contributed by atoms with Crippen LogP contribution in [-0.4, -0.2) is 12.6 Å². The molecule has 0 spiro atoms. The molecule has 0 saturated carbocycles. The quantitative estimate of drug-likeness (QED) is 0.128. The van der Waals surface area contributed by atoms with Gasteiger partial charge in [0.15, 0.2) is 28.9 Å². The van der Waals surface area contributed by atoms with Crippen molar-refractivity contribution in [3.8, 4) is 50.6 Å². The highest BCUT2D eigenvalue weighted by molar-refractivity contribution is 6.88. The largest absolute Gasteiger partial charge is 0.454 e. The van der Waals surface area contributed by atoms with Crippen LogP contribution in [0.15, 0.2) is 187 Å². The second-order valence-corrected chi connectivity index (χ2v) is 25.9. The number of pyridine rings is 1. The third-order valence-corrected chi connectivity index (χ3v) is 17.5. The van der Waals surface area contributed by atoms with Crippen LogP contribution < -0.4 is 14.3 Å². The first-order chi connectivity index (χ1) is 34.0. The van der Waals surface area contributed by atoms with Crippen molar-refractivity contribution in [3.63, 3.8) is 0 Å². The Labute approximate surface area is 409 Å². The van der Waals surface area contributed by atoms with Crippen LogP contribution in [0.4, 0.5) is 4.39 Å². The van der Waals surface area contributed by atoms with Crippen LogP contribution in [-0.2, 0) is 6.42 Å². The zero-order valence-electron chi connectivity index (χ0n) is 40.4. The molecule has 2 aliphatic heterocycles. The van der Waals surface area contributed by atoms with Crippen molar-refractivity contribution in [2.75, 3.05) is 0 Å². The minimum atomic E-state index is -1.66. The Hall–Kier alpha value is -7.67. The van der Waals surface area contributed by atoms with Gasteiger partial charge in [-0.3, -0.25) is 0 Å². The summed E-state index contributed by atoms with van der Waals surface area (Å²) in [6.45, 7) is 17.0.